The summed E-state index contributed by atoms with van der Waals surface area (Å²) >= 11 is 5.95. The molecule has 0 N–H and O–H groups in total. The molecule has 0 aliphatic rings. The van der Waals surface area contributed by atoms with Gasteiger partial charge >= 0.3 is 0 Å². The van der Waals surface area contributed by atoms with Crippen LogP contribution in [0, 0.1) is 0 Å². The Balaban J connectivity index is 2.26. The van der Waals surface area contributed by atoms with E-state index in [1.807, 2.05) is 6.92 Å². The summed E-state index contributed by atoms with van der Waals surface area (Å²) in [4.78, 5) is 12.4. The molecule has 0 radical (unpaired) electrons. The molecule has 0 aliphatic heterocycles. The van der Waals surface area contributed by atoms with E-state index in [1.165, 1.54) is 7.11 Å². The molecule has 0 saturated carbocycles. The number of benzene rings is 2. The molecule has 0 atom stereocenters. The molecular formula is C16H15ClO3. The van der Waals surface area contributed by atoms with E-state index in [9.17, 15) is 4.79 Å². The number of methoxy groups -OCH3 is 1. The Morgan fingerprint density at radius 1 is 1.10 bits per heavy atom. The van der Waals surface area contributed by atoms with Gasteiger partial charge in [0.2, 0.25) is 0 Å². The molecule has 0 amide bonds. The molecule has 0 bridgehead atoms. The molecule has 0 aliphatic carbocycles. The Hall–Kier alpha value is -2.00. The fourth-order valence-electron chi connectivity index (χ4n) is 1.84. The molecule has 4 heteroatoms. The van der Waals surface area contributed by atoms with Crippen LogP contribution in [0.4, 0.5) is 0 Å². The lowest BCUT2D eigenvalue weighted by Crippen LogP contribution is -2.02. The largest absolute Gasteiger partial charge is 0.495 e. The van der Waals surface area contributed by atoms with Crippen molar-refractivity contribution >= 4 is 17.4 Å². The summed E-state index contributed by atoms with van der Waals surface area (Å²) < 4.78 is 10.5. The Morgan fingerprint density at radius 3 is 2.35 bits per heavy atom. The minimum Gasteiger partial charge on any atom is -0.495 e. The van der Waals surface area contributed by atoms with E-state index in [2.05, 4.69) is 0 Å². The van der Waals surface area contributed by atoms with Gasteiger partial charge in [0, 0.05) is 11.1 Å². The van der Waals surface area contributed by atoms with E-state index in [4.69, 9.17) is 21.1 Å². The van der Waals surface area contributed by atoms with Crippen molar-refractivity contribution in [3.8, 4) is 11.5 Å². The van der Waals surface area contributed by atoms with Crippen molar-refractivity contribution in [3.05, 3.63) is 58.6 Å². The molecular weight excluding hydrogens is 276 g/mol. The van der Waals surface area contributed by atoms with Crippen molar-refractivity contribution in [2.45, 2.75) is 6.92 Å². The molecule has 0 fully saturated rings. The van der Waals surface area contributed by atoms with Crippen LogP contribution in [-0.2, 0) is 0 Å². The number of carbonyl (C=O) groups excluding carboxylic acids is 1. The van der Waals surface area contributed by atoms with Crippen LogP contribution in [0.15, 0.2) is 42.5 Å². The second-order valence-corrected chi connectivity index (χ2v) is 4.54. The lowest BCUT2D eigenvalue weighted by molar-refractivity contribution is 0.103. The molecule has 2 aromatic rings. The maximum Gasteiger partial charge on any atom is 0.193 e. The highest BCUT2D eigenvalue weighted by Crippen LogP contribution is 2.26. The van der Waals surface area contributed by atoms with Crippen molar-refractivity contribution in [1.82, 2.24) is 0 Å². The van der Waals surface area contributed by atoms with Crippen LogP contribution in [0.1, 0.15) is 22.8 Å². The van der Waals surface area contributed by atoms with Crippen molar-refractivity contribution in [3.63, 3.8) is 0 Å². The topological polar surface area (TPSA) is 35.5 Å². The average Bonchev–Trinajstić information content (AvgIpc) is 2.48. The van der Waals surface area contributed by atoms with Gasteiger partial charge in [0.1, 0.15) is 11.5 Å². The predicted molar refractivity (Wildman–Crippen MR) is 79.0 cm³/mol. The third kappa shape index (κ3) is 3.11. The molecule has 0 aromatic heterocycles. The van der Waals surface area contributed by atoms with Gasteiger partial charge in [-0.2, -0.15) is 0 Å². The third-order valence-corrected chi connectivity index (χ3v) is 3.15. The summed E-state index contributed by atoms with van der Waals surface area (Å²) in [6, 6.07) is 12.0. The number of hydrogen-bond donors (Lipinski definition) is 0. The summed E-state index contributed by atoms with van der Waals surface area (Å²) in [7, 11) is 1.52. The Morgan fingerprint density at radius 2 is 1.75 bits per heavy atom. The van der Waals surface area contributed by atoms with Crippen LogP contribution in [0.5, 0.6) is 11.5 Å². The third-order valence-electron chi connectivity index (χ3n) is 2.84. The molecule has 0 spiro atoms. The van der Waals surface area contributed by atoms with Crippen LogP contribution in [0.2, 0.25) is 5.02 Å². The molecule has 20 heavy (non-hydrogen) atoms. The van der Waals surface area contributed by atoms with Crippen molar-refractivity contribution in [2.24, 2.45) is 0 Å². The Bertz CT molecular complexity index is 606. The van der Waals surface area contributed by atoms with Gasteiger partial charge < -0.3 is 9.47 Å². The van der Waals surface area contributed by atoms with Gasteiger partial charge in [0.15, 0.2) is 5.78 Å². The summed E-state index contributed by atoms with van der Waals surface area (Å²) in [5.41, 5.74) is 1.13. The highest BCUT2D eigenvalue weighted by molar-refractivity contribution is 6.32. The lowest BCUT2D eigenvalue weighted by atomic mass is 10.0. The van der Waals surface area contributed by atoms with Crippen LogP contribution >= 0.6 is 11.6 Å². The average molecular weight is 291 g/mol. The van der Waals surface area contributed by atoms with Crippen LogP contribution in [0.25, 0.3) is 0 Å². The molecule has 0 unspecified atom stereocenters. The minimum atomic E-state index is -0.0805. The predicted octanol–water partition coefficient (Wildman–Crippen LogP) is 3.98. The maximum atomic E-state index is 12.4. The van der Waals surface area contributed by atoms with Gasteiger partial charge in [-0.25, -0.2) is 0 Å². The minimum absolute atomic E-state index is 0.0805. The summed E-state index contributed by atoms with van der Waals surface area (Å²) in [5.74, 6) is 1.16. The van der Waals surface area contributed by atoms with Crippen molar-refractivity contribution in [2.75, 3.05) is 13.7 Å². The standard InChI is InChI=1S/C16H15ClO3/c1-3-20-13-7-4-11(5-8-13)16(18)12-6-9-14(17)15(10-12)19-2/h4-10H,3H2,1-2H3. The van der Waals surface area contributed by atoms with Crippen LogP contribution in [0.3, 0.4) is 0 Å². The van der Waals surface area contributed by atoms with Gasteiger partial charge in [-0.05, 0) is 49.4 Å². The van der Waals surface area contributed by atoms with Crippen molar-refractivity contribution < 1.29 is 14.3 Å². The summed E-state index contributed by atoms with van der Waals surface area (Å²) in [6.07, 6.45) is 0. The quantitative estimate of drug-likeness (QED) is 0.781. The van der Waals surface area contributed by atoms with Gasteiger partial charge in [-0.3, -0.25) is 4.79 Å². The maximum absolute atomic E-state index is 12.4. The molecule has 0 saturated heterocycles. The molecule has 2 rings (SSSR count). The van der Waals surface area contributed by atoms with Crippen molar-refractivity contribution in [1.29, 1.82) is 0 Å². The van der Waals surface area contributed by atoms with E-state index < -0.39 is 0 Å². The lowest BCUT2D eigenvalue weighted by Gasteiger charge is -2.07. The molecule has 0 heterocycles. The van der Waals surface area contributed by atoms with Crippen LogP contribution in [-0.4, -0.2) is 19.5 Å². The van der Waals surface area contributed by atoms with E-state index in [-0.39, 0.29) is 5.78 Å². The second-order valence-electron chi connectivity index (χ2n) is 4.14. The number of rotatable bonds is 5. The monoisotopic (exact) mass is 290 g/mol. The highest BCUT2D eigenvalue weighted by Gasteiger charge is 2.11. The number of hydrogen-bond acceptors (Lipinski definition) is 3. The zero-order chi connectivity index (χ0) is 14.5. The Kier molecular flexibility index (Phi) is 4.64. The van der Waals surface area contributed by atoms with E-state index >= 15 is 0 Å². The van der Waals surface area contributed by atoms with Gasteiger partial charge in [0.25, 0.3) is 0 Å². The first-order valence-electron chi connectivity index (χ1n) is 6.26. The van der Waals surface area contributed by atoms with Gasteiger partial charge in [0.05, 0.1) is 18.7 Å². The molecule has 2 aromatic carbocycles. The smallest absolute Gasteiger partial charge is 0.193 e. The SMILES string of the molecule is CCOc1ccc(C(=O)c2ccc(Cl)c(OC)c2)cc1. The van der Waals surface area contributed by atoms with Gasteiger partial charge in [-0.1, -0.05) is 11.6 Å². The van der Waals surface area contributed by atoms with E-state index in [0.29, 0.717) is 28.5 Å². The first-order chi connectivity index (χ1) is 9.65. The number of ether oxygens (including phenoxy) is 2. The molecule has 3 nitrogen and oxygen atoms in total. The summed E-state index contributed by atoms with van der Waals surface area (Å²) in [6.45, 7) is 2.51. The number of halogens is 1. The first-order valence-corrected chi connectivity index (χ1v) is 6.64. The van der Waals surface area contributed by atoms with E-state index in [1.54, 1.807) is 42.5 Å². The second kappa shape index (κ2) is 6.44. The zero-order valence-electron chi connectivity index (χ0n) is 11.4. The van der Waals surface area contributed by atoms with Crippen LogP contribution < -0.4 is 9.47 Å². The fourth-order valence-corrected chi connectivity index (χ4v) is 2.03. The number of carbonyl (C=O) groups is 1. The fraction of sp³-hybridized carbons (Fsp3) is 0.188. The summed E-state index contributed by atoms with van der Waals surface area (Å²) in [5, 5.41) is 0.482. The normalized spacial score (nSPS) is 10.2. The zero-order valence-corrected chi connectivity index (χ0v) is 12.1. The Labute approximate surface area is 123 Å². The van der Waals surface area contributed by atoms with E-state index in [0.717, 1.165) is 5.75 Å². The van der Waals surface area contributed by atoms with Gasteiger partial charge in [-0.15, -0.1) is 0 Å². The highest BCUT2D eigenvalue weighted by atomic mass is 35.5. The molecule has 104 valence electrons. The first kappa shape index (κ1) is 14.4. The number of ketones is 1.